The van der Waals surface area contributed by atoms with Gasteiger partial charge in [0.05, 0.1) is 5.02 Å². The minimum Gasteiger partial charge on any atom is -0.486 e. The van der Waals surface area contributed by atoms with Crippen molar-refractivity contribution < 1.29 is 19.1 Å². The Hall–Kier alpha value is -2.41. The van der Waals surface area contributed by atoms with Crippen molar-refractivity contribution in [2.24, 2.45) is 0 Å². The fourth-order valence-corrected chi connectivity index (χ4v) is 4.66. The molecule has 3 aliphatic rings. The van der Waals surface area contributed by atoms with Crippen molar-refractivity contribution in [1.29, 1.82) is 0 Å². The Balaban J connectivity index is 1.23. The van der Waals surface area contributed by atoms with E-state index in [1.54, 1.807) is 12.1 Å². The van der Waals surface area contributed by atoms with Gasteiger partial charge in [-0.25, -0.2) is 4.79 Å². The molecule has 2 heterocycles. The van der Waals surface area contributed by atoms with E-state index in [1.165, 1.54) is 25.3 Å². The molecule has 0 radical (unpaired) electrons. The third-order valence-electron chi connectivity index (χ3n) is 6.11. The molecule has 0 spiro atoms. The highest BCUT2D eigenvalue weighted by atomic mass is 35.5. The number of nitrogens with zero attached hydrogens (tertiary/aromatic N) is 1. The van der Waals surface area contributed by atoms with Crippen LogP contribution in [-0.4, -0.2) is 55.2 Å². The molecule has 7 nitrogen and oxygen atoms in total. The molecule has 0 aromatic heterocycles. The molecule has 3 amide bonds. The smallest absolute Gasteiger partial charge is 0.317 e. The van der Waals surface area contributed by atoms with Gasteiger partial charge in [-0.2, -0.15) is 0 Å². The number of nitrogens with one attached hydrogen (secondary N) is 2. The van der Waals surface area contributed by atoms with E-state index in [4.69, 9.17) is 21.1 Å². The fraction of sp³-hybridized carbons (Fsp3) is 0.565. The fourth-order valence-electron chi connectivity index (χ4n) is 4.39. The zero-order chi connectivity index (χ0) is 21.6. The number of amides is 3. The van der Waals surface area contributed by atoms with Crippen molar-refractivity contribution in [3.8, 4) is 11.5 Å². The number of hydrogen-bond acceptors (Lipinski definition) is 4. The van der Waals surface area contributed by atoms with E-state index in [-0.39, 0.29) is 18.0 Å². The van der Waals surface area contributed by atoms with Gasteiger partial charge < -0.3 is 25.0 Å². The minimum atomic E-state index is -0.156. The molecule has 2 N–H and O–H groups in total. The first kappa shape index (κ1) is 21.8. The van der Waals surface area contributed by atoms with Crippen LogP contribution < -0.4 is 20.1 Å². The topological polar surface area (TPSA) is 79.9 Å². The first-order valence-electron chi connectivity index (χ1n) is 11.2. The molecule has 31 heavy (non-hydrogen) atoms. The van der Waals surface area contributed by atoms with Gasteiger partial charge in [-0.05, 0) is 49.5 Å². The molecule has 8 heteroatoms. The number of carbonyl (C=O) groups excluding carboxylic acids is 2. The number of piperidine rings is 1. The Kier molecular flexibility index (Phi) is 7.22. The van der Waals surface area contributed by atoms with Gasteiger partial charge in [0, 0.05) is 31.2 Å². The molecule has 1 aromatic carbocycles. The summed E-state index contributed by atoms with van der Waals surface area (Å²) >= 11 is 6.24. The lowest BCUT2D eigenvalue weighted by Crippen LogP contribution is -2.51. The Morgan fingerprint density at radius 3 is 2.45 bits per heavy atom. The lowest BCUT2D eigenvalue weighted by Gasteiger charge is -2.34. The normalized spacial score (nSPS) is 20.0. The van der Waals surface area contributed by atoms with Crippen LogP contribution in [0.15, 0.2) is 18.2 Å². The number of hydrogen-bond donors (Lipinski definition) is 2. The van der Waals surface area contributed by atoms with Gasteiger partial charge in [0.25, 0.3) is 0 Å². The Morgan fingerprint density at radius 2 is 1.68 bits per heavy atom. The highest BCUT2D eigenvalue weighted by Crippen LogP contribution is 2.38. The van der Waals surface area contributed by atoms with E-state index in [0.29, 0.717) is 48.9 Å². The second-order valence-corrected chi connectivity index (χ2v) is 8.82. The monoisotopic (exact) mass is 447 g/mol. The standard InChI is InChI=1S/C23H30ClN3O4/c24-19-14-16(15-20-22(19)31-13-12-30-20)6-7-21(28)25-18-8-10-27(11-9-18)23(29)26-17-4-2-1-3-5-17/h6-7,14-15,17-18H,1-5,8-13H2,(H,25,28)(H,26,29)/b7-6+. The minimum absolute atomic E-state index is 0.0343. The Labute approximate surface area is 188 Å². The third-order valence-corrected chi connectivity index (χ3v) is 6.39. The predicted octanol–water partition coefficient (Wildman–Crippen LogP) is 3.75. The number of ether oxygens (including phenoxy) is 2. The molecule has 168 valence electrons. The third kappa shape index (κ3) is 5.85. The van der Waals surface area contributed by atoms with Crippen LogP contribution >= 0.6 is 11.6 Å². The van der Waals surface area contributed by atoms with Crippen LogP contribution in [0.1, 0.15) is 50.5 Å². The van der Waals surface area contributed by atoms with E-state index >= 15 is 0 Å². The second kappa shape index (κ2) is 10.3. The predicted molar refractivity (Wildman–Crippen MR) is 120 cm³/mol. The first-order valence-corrected chi connectivity index (χ1v) is 11.6. The molecule has 2 aliphatic heterocycles. The molecular weight excluding hydrogens is 418 g/mol. The summed E-state index contributed by atoms with van der Waals surface area (Å²) in [5.74, 6) is 0.989. The lowest BCUT2D eigenvalue weighted by atomic mass is 9.95. The van der Waals surface area contributed by atoms with Gasteiger partial charge in [0.1, 0.15) is 13.2 Å². The highest BCUT2D eigenvalue weighted by Gasteiger charge is 2.25. The average molecular weight is 448 g/mol. The number of urea groups is 1. The maximum Gasteiger partial charge on any atom is 0.317 e. The van der Waals surface area contributed by atoms with E-state index in [9.17, 15) is 9.59 Å². The van der Waals surface area contributed by atoms with Crippen molar-refractivity contribution in [2.75, 3.05) is 26.3 Å². The summed E-state index contributed by atoms with van der Waals surface area (Å²) in [7, 11) is 0. The van der Waals surface area contributed by atoms with Crippen LogP contribution in [0.5, 0.6) is 11.5 Å². The molecule has 0 atom stereocenters. The van der Waals surface area contributed by atoms with Gasteiger partial charge in [-0.1, -0.05) is 30.9 Å². The van der Waals surface area contributed by atoms with Gasteiger partial charge in [0.15, 0.2) is 11.5 Å². The van der Waals surface area contributed by atoms with Crippen molar-refractivity contribution in [1.82, 2.24) is 15.5 Å². The summed E-state index contributed by atoms with van der Waals surface area (Å²) in [5, 5.41) is 6.67. The van der Waals surface area contributed by atoms with Gasteiger partial charge in [-0.3, -0.25) is 4.79 Å². The maximum atomic E-state index is 12.5. The number of fused-ring (bicyclic) bond motifs is 1. The van der Waals surface area contributed by atoms with Crippen LogP contribution in [0.4, 0.5) is 4.79 Å². The summed E-state index contributed by atoms with van der Waals surface area (Å²) < 4.78 is 11.1. The summed E-state index contributed by atoms with van der Waals surface area (Å²) in [6, 6.07) is 3.99. The van der Waals surface area contributed by atoms with Crippen LogP contribution in [-0.2, 0) is 4.79 Å². The number of halogens is 1. The van der Waals surface area contributed by atoms with E-state index in [2.05, 4.69) is 10.6 Å². The molecule has 4 rings (SSSR count). The first-order chi connectivity index (χ1) is 15.1. The van der Waals surface area contributed by atoms with Crippen LogP contribution in [0.25, 0.3) is 6.08 Å². The summed E-state index contributed by atoms with van der Waals surface area (Å²) in [5.41, 5.74) is 0.776. The molecular formula is C23H30ClN3O4. The molecule has 2 fully saturated rings. The molecule has 1 aromatic rings. The Morgan fingerprint density at radius 1 is 0.968 bits per heavy atom. The molecule has 1 saturated heterocycles. The number of carbonyl (C=O) groups is 2. The summed E-state index contributed by atoms with van der Waals surface area (Å²) in [4.78, 5) is 26.7. The number of likely N-dealkylation sites (tertiary alicyclic amines) is 1. The SMILES string of the molecule is O=C(/C=C/c1cc(Cl)c2c(c1)OCCO2)NC1CCN(C(=O)NC2CCCCC2)CC1. The van der Waals surface area contributed by atoms with E-state index < -0.39 is 0 Å². The largest absolute Gasteiger partial charge is 0.486 e. The van der Waals surface area contributed by atoms with Crippen molar-refractivity contribution in [3.63, 3.8) is 0 Å². The summed E-state index contributed by atoms with van der Waals surface area (Å²) in [6.07, 6.45) is 10.6. The zero-order valence-corrected chi connectivity index (χ0v) is 18.5. The van der Waals surface area contributed by atoms with Crippen LogP contribution in [0, 0.1) is 0 Å². The second-order valence-electron chi connectivity index (χ2n) is 8.41. The van der Waals surface area contributed by atoms with Gasteiger partial charge >= 0.3 is 6.03 Å². The lowest BCUT2D eigenvalue weighted by molar-refractivity contribution is -0.117. The number of benzene rings is 1. The zero-order valence-electron chi connectivity index (χ0n) is 17.7. The van der Waals surface area contributed by atoms with Crippen molar-refractivity contribution >= 4 is 29.6 Å². The van der Waals surface area contributed by atoms with E-state index in [1.807, 2.05) is 11.0 Å². The molecule has 1 saturated carbocycles. The maximum absolute atomic E-state index is 12.5. The van der Waals surface area contributed by atoms with E-state index in [0.717, 1.165) is 31.2 Å². The Bertz CT molecular complexity index is 830. The molecule has 0 unspecified atom stereocenters. The van der Waals surface area contributed by atoms with Crippen molar-refractivity contribution in [2.45, 2.75) is 57.0 Å². The van der Waals surface area contributed by atoms with Gasteiger partial charge in [-0.15, -0.1) is 0 Å². The van der Waals surface area contributed by atoms with Crippen LogP contribution in [0.3, 0.4) is 0 Å². The van der Waals surface area contributed by atoms with Gasteiger partial charge in [0.2, 0.25) is 5.91 Å². The van der Waals surface area contributed by atoms with Crippen LogP contribution in [0.2, 0.25) is 5.02 Å². The highest BCUT2D eigenvalue weighted by molar-refractivity contribution is 6.32. The number of rotatable bonds is 4. The molecule has 1 aliphatic carbocycles. The average Bonchev–Trinajstić information content (AvgIpc) is 2.79. The van der Waals surface area contributed by atoms with Crippen molar-refractivity contribution in [3.05, 3.63) is 28.8 Å². The quantitative estimate of drug-likeness (QED) is 0.689. The molecule has 0 bridgehead atoms. The summed E-state index contributed by atoms with van der Waals surface area (Å²) in [6.45, 7) is 2.27.